The number of benzene rings is 2. The first-order chi connectivity index (χ1) is 9.01. The van der Waals surface area contributed by atoms with Gasteiger partial charge in [-0.25, -0.2) is 8.42 Å². The Hall–Kier alpha value is -2.14. The Morgan fingerprint density at radius 1 is 1.11 bits per heavy atom. The van der Waals surface area contributed by atoms with Crippen LogP contribution in [-0.4, -0.2) is 8.42 Å². The number of hydrogen-bond donors (Lipinski definition) is 2. The van der Waals surface area contributed by atoms with Gasteiger partial charge in [-0.05, 0) is 42.0 Å². The van der Waals surface area contributed by atoms with E-state index in [-0.39, 0.29) is 4.90 Å². The molecule has 0 amide bonds. The fraction of sp³-hybridized carbons (Fsp3) is 0.0714. The molecule has 5 heteroatoms. The summed E-state index contributed by atoms with van der Waals surface area (Å²) < 4.78 is 26.8. The molecule has 0 spiro atoms. The molecular formula is C14H15N2O2S+. The van der Waals surface area contributed by atoms with E-state index >= 15 is 0 Å². The standard InChI is InChI=1S/C14H15N2O2S/c1-2-11-4-3-5-13(10-11)16-19(17,18)14-8-6-12(15)7-9-14/h3-10,16H,1-2,15H2/q+1. The molecule has 0 aliphatic heterocycles. The van der Waals surface area contributed by atoms with E-state index in [0.717, 1.165) is 5.56 Å². The SMILES string of the molecule is [CH2+]Cc1cccc(NS(=O)(=O)c2ccc(N)cc2)c1. The van der Waals surface area contributed by atoms with Crippen molar-refractivity contribution in [1.29, 1.82) is 0 Å². The van der Waals surface area contributed by atoms with E-state index in [9.17, 15) is 8.42 Å². The summed E-state index contributed by atoms with van der Waals surface area (Å²) in [6.07, 6.45) is 0.609. The van der Waals surface area contributed by atoms with Gasteiger partial charge in [0.15, 0.2) is 0 Å². The third kappa shape index (κ3) is 3.20. The summed E-state index contributed by atoms with van der Waals surface area (Å²) in [5.41, 5.74) is 7.56. The third-order valence-electron chi connectivity index (χ3n) is 2.66. The third-order valence-corrected chi connectivity index (χ3v) is 4.06. The number of sulfonamides is 1. The Morgan fingerprint density at radius 3 is 2.42 bits per heavy atom. The zero-order valence-electron chi connectivity index (χ0n) is 10.3. The average Bonchev–Trinajstić information content (AvgIpc) is 2.39. The van der Waals surface area contributed by atoms with Gasteiger partial charge in [0, 0.05) is 11.4 Å². The van der Waals surface area contributed by atoms with Crippen LogP contribution in [0.5, 0.6) is 0 Å². The zero-order valence-corrected chi connectivity index (χ0v) is 11.2. The largest absolute Gasteiger partial charge is 0.399 e. The van der Waals surface area contributed by atoms with Crippen LogP contribution in [0, 0.1) is 6.92 Å². The Balaban J connectivity index is 2.28. The molecule has 0 aliphatic carbocycles. The molecule has 0 fully saturated rings. The number of nitrogens with one attached hydrogen (secondary N) is 1. The predicted molar refractivity (Wildman–Crippen MR) is 77.2 cm³/mol. The average molecular weight is 275 g/mol. The molecule has 0 bridgehead atoms. The molecular weight excluding hydrogens is 260 g/mol. The van der Waals surface area contributed by atoms with Gasteiger partial charge in [0.2, 0.25) is 0 Å². The minimum atomic E-state index is -3.58. The van der Waals surface area contributed by atoms with E-state index in [1.165, 1.54) is 12.1 Å². The molecule has 2 aromatic rings. The normalized spacial score (nSPS) is 11.2. The van der Waals surface area contributed by atoms with Crippen LogP contribution >= 0.6 is 0 Å². The van der Waals surface area contributed by atoms with Crippen molar-refractivity contribution in [2.45, 2.75) is 11.3 Å². The quantitative estimate of drug-likeness (QED) is 0.665. The first-order valence-corrected chi connectivity index (χ1v) is 7.26. The lowest BCUT2D eigenvalue weighted by atomic mass is 10.1. The van der Waals surface area contributed by atoms with Gasteiger partial charge in [-0.15, -0.1) is 0 Å². The van der Waals surface area contributed by atoms with Crippen LogP contribution in [0.15, 0.2) is 53.4 Å². The maximum absolute atomic E-state index is 12.1. The van der Waals surface area contributed by atoms with Crippen molar-refractivity contribution in [2.75, 3.05) is 10.5 Å². The topological polar surface area (TPSA) is 72.2 Å². The molecule has 0 unspecified atom stereocenters. The molecule has 0 radical (unpaired) electrons. The Kier molecular flexibility index (Phi) is 3.66. The van der Waals surface area contributed by atoms with Gasteiger partial charge in [0.25, 0.3) is 10.0 Å². The molecule has 0 aromatic heterocycles. The summed E-state index contributed by atoms with van der Waals surface area (Å²) in [7, 11) is -3.58. The van der Waals surface area contributed by atoms with Crippen LogP contribution in [0.1, 0.15) is 5.56 Å². The van der Waals surface area contributed by atoms with Crippen molar-refractivity contribution in [1.82, 2.24) is 0 Å². The molecule has 4 nitrogen and oxygen atoms in total. The molecule has 0 saturated carbocycles. The molecule has 0 atom stereocenters. The summed E-state index contributed by atoms with van der Waals surface area (Å²) in [6, 6.07) is 13.2. The lowest BCUT2D eigenvalue weighted by Gasteiger charge is -2.08. The lowest BCUT2D eigenvalue weighted by Crippen LogP contribution is -2.13. The summed E-state index contributed by atoms with van der Waals surface area (Å²) in [6.45, 7) is 3.77. The smallest absolute Gasteiger partial charge is 0.261 e. The van der Waals surface area contributed by atoms with Crippen LogP contribution in [0.2, 0.25) is 0 Å². The highest BCUT2D eigenvalue weighted by Gasteiger charge is 2.13. The minimum Gasteiger partial charge on any atom is -0.399 e. The fourth-order valence-corrected chi connectivity index (χ4v) is 2.70. The number of nitrogen functional groups attached to an aromatic ring is 1. The molecule has 3 N–H and O–H groups in total. The van der Waals surface area contributed by atoms with Crippen LogP contribution in [0.25, 0.3) is 0 Å². The van der Waals surface area contributed by atoms with Gasteiger partial charge in [-0.3, -0.25) is 4.72 Å². The van der Waals surface area contributed by atoms with Gasteiger partial charge >= 0.3 is 0 Å². The van der Waals surface area contributed by atoms with E-state index in [4.69, 9.17) is 5.73 Å². The monoisotopic (exact) mass is 275 g/mol. The number of rotatable bonds is 4. The lowest BCUT2D eigenvalue weighted by molar-refractivity contribution is 0.601. The number of anilines is 2. The van der Waals surface area contributed by atoms with Gasteiger partial charge in [-0.1, -0.05) is 12.1 Å². The summed E-state index contributed by atoms with van der Waals surface area (Å²) >= 11 is 0. The maximum Gasteiger partial charge on any atom is 0.261 e. The van der Waals surface area contributed by atoms with Gasteiger partial charge in [0.05, 0.1) is 11.8 Å². The van der Waals surface area contributed by atoms with Crippen molar-refractivity contribution in [3.05, 3.63) is 61.0 Å². The predicted octanol–water partition coefficient (Wildman–Crippen LogP) is 2.45. The van der Waals surface area contributed by atoms with E-state index in [1.54, 1.807) is 30.3 Å². The molecule has 2 rings (SSSR count). The fourth-order valence-electron chi connectivity index (χ4n) is 1.65. The molecule has 0 saturated heterocycles. The summed E-state index contributed by atoms with van der Waals surface area (Å²) in [4.78, 5) is 0.182. The zero-order chi connectivity index (χ0) is 13.9. The number of hydrogen-bond acceptors (Lipinski definition) is 3. The number of nitrogens with two attached hydrogens (primary N) is 1. The molecule has 19 heavy (non-hydrogen) atoms. The van der Waals surface area contributed by atoms with Crippen LogP contribution in [-0.2, 0) is 16.4 Å². The molecule has 98 valence electrons. The van der Waals surface area contributed by atoms with Crippen molar-refractivity contribution in [3.8, 4) is 0 Å². The van der Waals surface area contributed by atoms with Crippen molar-refractivity contribution in [2.24, 2.45) is 0 Å². The van der Waals surface area contributed by atoms with Gasteiger partial charge < -0.3 is 5.73 Å². The second-order valence-electron chi connectivity index (χ2n) is 4.12. The Morgan fingerprint density at radius 2 is 1.79 bits per heavy atom. The Bertz CT molecular complexity index is 664. The molecule has 2 aromatic carbocycles. The summed E-state index contributed by atoms with van der Waals surface area (Å²) in [5.74, 6) is 0. The van der Waals surface area contributed by atoms with Gasteiger partial charge in [0.1, 0.15) is 6.42 Å². The summed E-state index contributed by atoms with van der Waals surface area (Å²) in [5, 5.41) is 0. The van der Waals surface area contributed by atoms with Crippen molar-refractivity contribution in [3.63, 3.8) is 0 Å². The first-order valence-electron chi connectivity index (χ1n) is 5.78. The second-order valence-corrected chi connectivity index (χ2v) is 5.81. The van der Waals surface area contributed by atoms with Crippen molar-refractivity contribution >= 4 is 21.4 Å². The second kappa shape index (κ2) is 5.24. The highest BCUT2D eigenvalue weighted by molar-refractivity contribution is 7.92. The van der Waals surface area contributed by atoms with Crippen LogP contribution in [0.3, 0.4) is 0 Å². The highest BCUT2D eigenvalue weighted by atomic mass is 32.2. The Labute approximate surface area is 113 Å². The van der Waals surface area contributed by atoms with E-state index in [0.29, 0.717) is 17.8 Å². The highest BCUT2D eigenvalue weighted by Crippen LogP contribution is 2.18. The van der Waals surface area contributed by atoms with E-state index in [1.807, 2.05) is 6.07 Å². The molecule has 0 aliphatic rings. The van der Waals surface area contributed by atoms with Gasteiger partial charge in [-0.2, -0.15) is 0 Å². The van der Waals surface area contributed by atoms with Crippen LogP contribution < -0.4 is 10.5 Å². The first kappa shape index (κ1) is 13.3. The van der Waals surface area contributed by atoms with Crippen molar-refractivity contribution < 1.29 is 8.42 Å². The van der Waals surface area contributed by atoms with E-state index in [2.05, 4.69) is 11.6 Å². The minimum absolute atomic E-state index is 0.182. The van der Waals surface area contributed by atoms with Crippen LogP contribution in [0.4, 0.5) is 11.4 Å². The molecule has 0 heterocycles. The van der Waals surface area contributed by atoms with E-state index < -0.39 is 10.0 Å². The maximum atomic E-state index is 12.1.